The molecule has 0 bridgehead atoms. The Kier molecular flexibility index (Phi) is 4.37. The van der Waals surface area contributed by atoms with E-state index in [9.17, 15) is 4.79 Å². The molecule has 23 heavy (non-hydrogen) atoms. The number of nitrogens with two attached hydrogens (primary N) is 1. The van der Waals surface area contributed by atoms with Gasteiger partial charge in [0.2, 0.25) is 0 Å². The van der Waals surface area contributed by atoms with Crippen molar-refractivity contribution in [3.63, 3.8) is 0 Å². The number of aromatic nitrogens is 3. The third-order valence-electron chi connectivity index (χ3n) is 3.80. The molecule has 1 saturated heterocycles. The standard InChI is InChI=1S/C15H19N5O3/c1-10-3-4-13(20-17-5-6-18-20)12(7-10)15(21)19-11(2)8-22-14(19)9-23-16/h3-7,11,14H,8-9,16H2,1-2H3/t11-,14-/m0/s1. The van der Waals surface area contributed by atoms with E-state index in [0.717, 1.165) is 5.56 Å². The number of nitrogens with zero attached hydrogens (tertiary/aromatic N) is 4. The van der Waals surface area contributed by atoms with E-state index in [0.29, 0.717) is 17.9 Å². The number of rotatable bonds is 4. The summed E-state index contributed by atoms with van der Waals surface area (Å²) in [5.41, 5.74) is 2.11. The Bertz CT molecular complexity index is 686. The first-order valence-corrected chi connectivity index (χ1v) is 7.35. The van der Waals surface area contributed by atoms with E-state index in [4.69, 9.17) is 10.6 Å². The van der Waals surface area contributed by atoms with Crippen molar-refractivity contribution in [2.24, 2.45) is 5.90 Å². The molecule has 1 amide bonds. The van der Waals surface area contributed by atoms with Crippen LogP contribution in [0.4, 0.5) is 0 Å². The molecule has 0 radical (unpaired) electrons. The van der Waals surface area contributed by atoms with Gasteiger partial charge in [-0.3, -0.25) is 9.63 Å². The Morgan fingerprint density at radius 2 is 2.17 bits per heavy atom. The van der Waals surface area contributed by atoms with Crippen molar-refractivity contribution in [1.82, 2.24) is 19.9 Å². The van der Waals surface area contributed by atoms with Crippen molar-refractivity contribution >= 4 is 5.91 Å². The number of hydrogen-bond donors (Lipinski definition) is 1. The minimum atomic E-state index is -0.499. The Labute approximate surface area is 133 Å². The number of hydrogen-bond acceptors (Lipinski definition) is 6. The summed E-state index contributed by atoms with van der Waals surface area (Å²) >= 11 is 0. The Balaban J connectivity index is 2.00. The van der Waals surface area contributed by atoms with Crippen LogP contribution in [0.3, 0.4) is 0 Å². The van der Waals surface area contributed by atoms with Crippen molar-refractivity contribution in [2.75, 3.05) is 13.2 Å². The van der Waals surface area contributed by atoms with Crippen LogP contribution in [0.15, 0.2) is 30.6 Å². The van der Waals surface area contributed by atoms with Crippen LogP contribution in [0.1, 0.15) is 22.8 Å². The van der Waals surface area contributed by atoms with Gasteiger partial charge in [0, 0.05) is 0 Å². The van der Waals surface area contributed by atoms with Crippen LogP contribution >= 0.6 is 0 Å². The molecule has 1 aromatic heterocycles. The van der Waals surface area contributed by atoms with Crippen molar-refractivity contribution in [1.29, 1.82) is 0 Å². The van der Waals surface area contributed by atoms with Gasteiger partial charge in [0.15, 0.2) is 6.23 Å². The zero-order valence-corrected chi connectivity index (χ0v) is 13.0. The molecular formula is C15H19N5O3. The lowest BCUT2D eigenvalue weighted by atomic mass is 10.1. The zero-order chi connectivity index (χ0) is 16.4. The number of ether oxygens (including phenoxy) is 1. The van der Waals surface area contributed by atoms with Crippen LogP contribution in [-0.4, -0.2) is 51.3 Å². The minimum Gasteiger partial charge on any atom is -0.354 e. The van der Waals surface area contributed by atoms with E-state index < -0.39 is 6.23 Å². The maximum absolute atomic E-state index is 13.1. The second-order valence-corrected chi connectivity index (χ2v) is 5.52. The molecule has 1 aliphatic rings. The van der Waals surface area contributed by atoms with E-state index in [1.807, 2.05) is 32.0 Å². The SMILES string of the molecule is Cc1ccc(-n2nccn2)c(C(=O)N2[C@H](CON)OC[C@@H]2C)c1. The first-order chi connectivity index (χ1) is 11.1. The molecule has 0 spiro atoms. The van der Waals surface area contributed by atoms with E-state index >= 15 is 0 Å². The predicted molar refractivity (Wildman–Crippen MR) is 81.6 cm³/mol. The molecule has 1 aliphatic heterocycles. The van der Waals surface area contributed by atoms with Gasteiger partial charge in [-0.05, 0) is 26.0 Å². The van der Waals surface area contributed by atoms with Crippen LogP contribution in [0.5, 0.6) is 0 Å². The number of carbonyl (C=O) groups is 1. The van der Waals surface area contributed by atoms with Crippen LogP contribution in [0.25, 0.3) is 5.69 Å². The van der Waals surface area contributed by atoms with Crippen molar-refractivity contribution in [3.05, 3.63) is 41.7 Å². The normalized spacial score (nSPS) is 20.9. The lowest BCUT2D eigenvalue weighted by molar-refractivity contribution is -0.0327. The predicted octanol–water partition coefficient (Wildman–Crippen LogP) is 0.653. The van der Waals surface area contributed by atoms with E-state index in [2.05, 4.69) is 15.0 Å². The smallest absolute Gasteiger partial charge is 0.258 e. The average Bonchev–Trinajstić information content (AvgIpc) is 3.17. The topological polar surface area (TPSA) is 95.5 Å². The van der Waals surface area contributed by atoms with Gasteiger partial charge in [-0.1, -0.05) is 11.6 Å². The summed E-state index contributed by atoms with van der Waals surface area (Å²) in [6.45, 7) is 4.43. The summed E-state index contributed by atoms with van der Waals surface area (Å²) in [7, 11) is 0. The van der Waals surface area contributed by atoms with Gasteiger partial charge >= 0.3 is 0 Å². The van der Waals surface area contributed by atoms with Gasteiger partial charge in [0.25, 0.3) is 5.91 Å². The van der Waals surface area contributed by atoms with E-state index in [1.165, 1.54) is 4.80 Å². The van der Waals surface area contributed by atoms with Gasteiger partial charge in [0.05, 0.1) is 36.3 Å². The fourth-order valence-electron chi connectivity index (χ4n) is 2.71. The molecule has 2 atom stereocenters. The second-order valence-electron chi connectivity index (χ2n) is 5.52. The molecule has 2 N–H and O–H groups in total. The highest BCUT2D eigenvalue weighted by atomic mass is 16.6. The van der Waals surface area contributed by atoms with Crippen molar-refractivity contribution < 1.29 is 14.4 Å². The zero-order valence-electron chi connectivity index (χ0n) is 13.0. The van der Waals surface area contributed by atoms with Crippen LogP contribution in [0, 0.1) is 6.92 Å². The van der Waals surface area contributed by atoms with Crippen molar-refractivity contribution in [3.8, 4) is 5.69 Å². The number of amides is 1. The summed E-state index contributed by atoms with van der Waals surface area (Å²) in [6.07, 6.45) is 2.64. The third-order valence-corrected chi connectivity index (χ3v) is 3.80. The molecule has 3 rings (SSSR count). The molecule has 8 heteroatoms. The molecule has 1 aromatic carbocycles. The summed E-state index contributed by atoms with van der Waals surface area (Å²) < 4.78 is 5.58. The van der Waals surface area contributed by atoms with E-state index in [1.54, 1.807) is 17.3 Å². The minimum absolute atomic E-state index is 0.0680. The monoisotopic (exact) mass is 317 g/mol. The first kappa shape index (κ1) is 15.6. The highest BCUT2D eigenvalue weighted by molar-refractivity contribution is 5.98. The quantitative estimate of drug-likeness (QED) is 0.832. The number of benzene rings is 1. The largest absolute Gasteiger partial charge is 0.354 e. The fourth-order valence-corrected chi connectivity index (χ4v) is 2.71. The number of carbonyl (C=O) groups excluding carboxylic acids is 1. The van der Waals surface area contributed by atoms with Gasteiger partial charge in [-0.25, -0.2) is 5.90 Å². The Morgan fingerprint density at radius 1 is 1.43 bits per heavy atom. The van der Waals surface area contributed by atoms with Gasteiger partial charge in [-0.2, -0.15) is 15.0 Å². The van der Waals surface area contributed by atoms with Crippen LogP contribution in [-0.2, 0) is 9.57 Å². The van der Waals surface area contributed by atoms with Gasteiger partial charge < -0.3 is 9.64 Å². The second kappa shape index (κ2) is 6.45. The molecule has 0 saturated carbocycles. The molecule has 2 heterocycles. The summed E-state index contributed by atoms with van der Waals surface area (Å²) in [6, 6.07) is 5.51. The maximum atomic E-state index is 13.1. The fraction of sp³-hybridized carbons (Fsp3) is 0.400. The van der Waals surface area contributed by atoms with Crippen LogP contribution < -0.4 is 5.90 Å². The summed E-state index contributed by atoms with van der Waals surface area (Å²) in [5.74, 6) is 4.98. The maximum Gasteiger partial charge on any atom is 0.258 e. The van der Waals surface area contributed by atoms with Crippen LogP contribution in [0.2, 0.25) is 0 Å². The van der Waals surface area contributed by atoms with Gasteiger partial charge in [0.1, 0.15) is 6.61 Å². The molecular weight excluding hydrogens is 298 g/mol. The third kappa shape index (κ3) is 2.96. The van der Waals surface area contributed by atoms with E-state index in [-0.39, 0.29) is 18.6 Å². The van der Waals surface area contributed by atoms with Gasteiger partial charge in [-0.15, -0.1) is 0 Å². The molecule has 0 aliphatic carbocycles. The highest BCUT2D eigenvalue weighted by Gasteiger charge is 2.37. The lowest BCUT2D eigenvalue weighted by Crippen LogP contribution is -2.43. The van der Waals surface area contributed by atoms with Crippen molar-refractivity contribution in [2.45, 2.75) is 26.1 Å². The number of aryl methyl sites for hydroxylation is 1. The summed E-state index contributed by atoms with van der Waals surface area (Å²) in [5, 5.41) is 8.24. The summed E-state index contributed by atoms with van der Waals surface area (Å²) in [4.78, 5) is 20.8. The molecule has 2 aromatic rings. The molecule has 8 nitrogen and oxygen atoms in total. The first-order valence-electron chi connectivity index (χ1n) is 7.35. The molecule has 1 fully saturated rings. The molecule has 122 valence electrons. The average molecular weight is 317 g/mol. The Morgan fingerprint density at radius 3 is 2.87 bits per heavy atom. The Hall–Kier alpha value is -2.29. The highest BCUT2D eigenvalue weighted by Crippen LogP contribution is 2.24. The lowest BCUT2D eigenvalue weighted by Gasteiger charge is -2.26. The molecule has 0 unspecified atom stereocenters.